The van der Waals surface area contributed by atoms with Crippen LogP contribution >= 0.6 is 0 Å². The number of aliphatic hydroxyl groups excluding tert-OH is 2. The van der Waals surface area contributed by atoms with Gasteiger partial charge in [0.15, 0.2) is 0 Å². The molecule has 0 heterocycles. The van der Waals surface area contributed by atoms with Gasteiger partial charge in [-0.05, 0) is 0 Å². The van der Waals surface area contributed by atoms with Crippen LogP contribution in [0.3, 0.4) is 0 Å². The monoisotopic (exact) mass is 164 g/mol. The average Bonchev–Trinajstić information content (AvgIpc) is 1.87. The minimum Gasteiger partial charge on any atom is -0.480 e. The highest BCUT2D eigenvalue weighted by Gasteiger charge is 2.20. The molecule has 66 valence electrons. The van der Waals surface area contributed by atoms with Crippen molar-refractivity contribution in [2.75, 3.05) is 0 Å². The van der Waals surface area contributed by atoms with E-state index in [1.807, 2.05) is 0 Å². The Morgan fingerprint density at radius 2 is 1.82 bits per heavy atom. The van der Waals surface area contributed by atoms with Gasteiger partial charge in [0.05, 0.1) is 6.10 Å². The largest absolute Gasteiger partial charge is 0.480 e. The van der Waals surface area contributed by atoms with E-state index in [-0.39, 0.29) is 6.42 Å². The summed E-state index contributed by atoms with van der Waals surface area (Å²) >= 11 is 0. The standard InChI is InChI=1S/C5H12N2O4/c6-2(5(10)11)1-3(8)4(7)9/h2-4,8-9H,1,6-7H2,(H,10,11)/t2-,3?,4?/m0/s1. The van der Waals surface area contributed by atoms with Crippen molar-refractivity contribution in [2.45, 2.75) is 24.8 Å². The zero-order valence-corrected chi connectivity index (χ0v) is 5.84. The first-order valence-corrected chi connectivity index (χ1v) is 3.05. The van der Waals surface area contributed by atoms with E-state index in [0.29, 0.717) is 0 Å². The third-order valence-electron chi connectivity index (χ3n) is 1.21. The first kappa shape index (κ1) is 10.3. The van der Waals surface area contributed by atoms with Crippen LogP contribution in [0.5, 0.6) is 0 Å². The van der Waals surface area contributed by atoms with Crippen molar-refractivity contribution in [2.24, 2.45) is 11.5 Å². The fourth-order valence-corrected chi connectivity index (χ4v) is 0.500. The van der Waals surface area contributed by atoms with E-state index < -0.39 is 24.3 Å². The third-order valence-corrected chi connectivity index (χ3v) is 1.21. The summed E-state index contributed by atoms with van der Waals surface area (Å²) < 4.78 is 0. The maximum absolute atomic E-state index is 10.1. The van der Waals surface area contributed by atoms with Crippen molar-refractivity contribution >= 4 is 5.97 Å². The van der Waals surface area contributed by atoms with E-state index in [1.165, 1.54) is 0 Å². The Labute approximate surface area is 63.4 Å². The molecule has 0 amide bonds. The minimum atomic E-state index is -1.44. The molecule has 7 N–H and O–H groups in total. The van der Waals surface area contributed by atoms with Crippen molar-refractivity contribution < 1.29 is 20.1 Å². The fraction of sp³-hybridized carbons (Fsp3) is 0.800. The van der Waals surface area contributed by atoms with Crippen LogP contribution < -0.4 is 11.5 Å². The number of carbonyl (C=O) groups is 1. The van der Waals surface area contributed by atoms with Gasteiger partial charge in [-0.25, -0.2) is 0 Å². The molecule has 0 radical (unpaired) electrons. The van der Waals surface area contributed by atoms with Crippen LogP contribution in [0.1, 0.15) is 6.42 Å². The van der Waals surface area contributed by atoms with Gasteiger partial charge in [0.2, 0.25) is 0 Å². The Hall–Kier alpha value is -0.690. The van der Waals surface area contributed by atoms with Crippen molar-refractivity contribution in [1.82, 2.24) is 0 Å². The average molecular weight is 164 g/mol. The summed E-state index contributed by atoms with van der Waals surface area (Å²) in [5.41, 5.74) is 9.87. The van der Waals surface area contributed by atoms with Crippen LogP contribution in [0, 0.1) is 0 Å². The molecule has 0 aromatic carbocycles. The number of nitrogens with two attached hydrogens (primary N) is 2. The van der Waals surface area contributed by atoms with Gasteiger partial charge in [-0.15, -0.1) is 0 Å². The first-order valence-electron chi connectivity index (χ1n) is 3.05. The molecule has 11 heavy (non-hydrogen) atoms. The van der Waals surface area contributed by atoms with Crippen molar-refractivity contribution in [3.8, 4) is 0 Å². The Morgan fingerprint density at radius 3 is 2.09 bits per heavy atom. The molecule has 3 atom stereocenters. The molecular weight excluding hydrogens is 152 g/mol. The molecule has 2 unspecified atom stereocenters. The molecule has 0 saturated heterocycles. The summed E-state index contributed by atoms with van der Waals surface area (Å²) in [4.78, 5) is 10.1. The minimum absolute atomic E-state index is 0.257. The Balaban J connectivity index is 3.75. The molecular formula is C5H12N2O4. The Kier molecular flexibility index (Phi) is 3.98. The SMILES string of the molecule is NC(O)C(O)C[C@H](N)C(=O)O. The molecule has 0 aromatic heterocycles. The van der Waals surface area contributed by atoms with E-state index >= 15 is 0 Å². The summed E-state index contributed by atoms with van der Waals surface area (Å²) in [5.74, 6) is -1.23. The van der Waals surface area contributed by atoms with Crippen LogP contribution in [0.4, 0.5) is 0 Å². The summed E-state index contributed by atoms with van der Waals surface area (Å²) in [5, 5.41) is 25.6. The second-order valence-electron chi connectivity index (χ2n) is 2.24. The van der Waals surface area contributed by atoms with E-state index in [9.17, 15) is 4.79 Å². The smallest absolute Gasteiger partial charge is 0.320 e. The van der Waals surface area contributed by atoms with Gasteiger partial charge < -0.3 is 26.8 Å². The highest BCUT2D eigenvalue weighted by molar-refractivity contribution is 5.73. The van der Waals surface area contributed by atoms with Crippen molar-refractivity contribution in [1.29, 1.82) is 0 Å². The van der Waals surface area contributed by atoms with Crippen LogP contribution in [-0.4, -0.2) is 39.7 Å². The predicted molar refractivity (Wildman–Crippen MR) is 36.4 cm³/mol. The van der Waals surface area contributed by atoms with Gasteiger partial charge in [0, 0.05) is 6.42 Å². The highest BCUT2D eigenvalue weighted by Crippen LogP contribution is 1.97. The Bertz CT molecular complexity index is 138. The van der Waals surface area contributed by atoms with Crippen LogP contribution in [0.15, 0.2) is 0 Å². The molecule has 0 spiro atoms. The van der Waals surface area contributed by atoms with Crippen molar-refractivity contribution in [3.05, 3.63) is 0 Å². The van der Waals surface area contributed by atoms with E-state index in [1.54, 1.807) is 0 Å². The number of carboxylic acids is 1. The molecule has 0 saturated carbocycles. The lowest BCUT2D eigenvalue weighted by molar-refractivity contribution is -0.139. The lowest BCUT2D eigenvalue weighted by Crippen LogP contribution is -2.41. The summed E-state index contributed by atoms with van der Waals surface area (Å²) in [6.45, 7) is 0. The normalized spacial score (nSPS) is 18.9. The first-order chi connectivity index (χ1) is 4.95. The van der Waals surface area contributed by atoms with Gasteiger partial charge in [0.1, 0.15) is 12.3 Å². The van der Waals surface area contributed by atoms with Gasteiger partial charge in [-0.1, -0.05) is 0 Å². The Morgan fingerprint density at radius 1 is 1.36 bits per heavy atom. The van der Waals surface area contributed by atoms with Gasteiger partial charge >= 0.3 is 5.97 Å². The molecule has 0 aromatic rings. The number of rotatable bonds is 4. The van der Waals surface area contributed by atoms with E-state index in [0.717, 1.165) is 0 Å². The molecule has 0 bridgehead atoms. The molecule has 6 heteroatoms. The zero-order valence-electron chi connectivity index (χ0n) is 5.84. The maximum Gasteiger partial charge on any atom is 0.320 e. The zero-order chi connectivity index (χ0) is 9.02. The van der Waals surface area contributed by atoms with E-state index in [4.69, 9.17) is 26.8 Å². The second kappa shape index (κ2) is 4.24. The third kappa shape index (κ3) is 3.89. The topological polar surface area (TPSA) is 130 Å². The number of carboxylic acid groups (broad SMARTS) is 1. The van der Waals surface area contributed by atoms with Crippen LogP contribution in [-0.2, 0) is 4.79 Å². The molecule has 0 aliphatic carbocycles. The number of aliphatic hydroxyl groups is 2. The second-order valence-corrected chi connectivity index (χ2v) is 2.24. The van der Waals surface area contributed by atoms with Crippen LogP contribution in [0.25, 0.3) is 0 Å². The predicted octanol–water partition coefficient (Wildman–Crippen LogP) is -2.57. The number of aliphatic carboxylic acids is 1. The van der Waals surface area contributed by atoms with Gasteiger partial charge in [-0.3, -0.25) is 4.79 Å². The van der Waals surface area contributed by atoms with Gasteiger partial charge in [0.25, 0.3) is 0 Å². The maximum atomic E-state index is 10.1. The summed E-state index contributed by atoms with van der Waals surface area (Å²) in [6, 6.07) is -1.19. The van der Waals surface area contributed by atoms with E-state index in [2.05, 4.69) is 0 Å². The number of hydrogen-bond donors (Lipinski definition) is 5. The van der Waals surface area contributed by atoms with Crippen molar-refractivity contribution in [3.63, 3.8) is 0 Å². The lowest BCUT2D eigenvalue weighted by atomic mass is 10.1. The quantitative estimate of drug-likeness (QED) is 0.290. The molecule has 0 rings (SSSR count). The molecule has 0 aliphatic heterocycles. The molecule has 6 nitrogen and oxygen atoms in total. The fourth-order valence-electron chi connectivity index (χ4n) is 0.500. The molecule has 0 aliphatic rings. The highest BCUT2D eigenvalue weighted by atomic mass is 16.4. The van der Waals surface area contributed by atoms with Gasteiger partial charge in [-0.2, -0.15) is 0 Å². The lowest BCUT2D eigenvalue weighted by Gasteiger charge is -2.15. The molecule has 0 fully saturated rings. The number of hydrogen-bond acceptors (Lipinski definition) is 5. The summed E-state index contributed by atoms with van der Waals surface area (Å²) in [6.07, 6.45) is -2.99. The summed E-state index contributed by atoms with van der Waals surface area (Å²) in [7, 11) is 0. The van der Waals surface area contributed by atoms with Crippen LogP contribution in [0.2, 0.25) is 0 Å².